The number of pyridine rings is 1. The lowest BCUT2D eigenvalue weighted by molar-refractivity contribution is 0.0984. The molecule has 4 heterocycles. The summed E-state index contributed by atoms with van der Waals surface area (Å²) >= 11 is 0. The average molecular weight is 545 g/mol. The molecule has 0 spiro atoms. The number of nitrogens with zero attached hydrogens (tertiary/aromatic N) is 6. The third-order valence-electron chi connectivity index (χ3n) is 7.03. The first-order chi connectivity index (χ1) is 18.6. The van der Waals surface area contributed by atoms with E-state index in [1.807, 2.05) is 4.90 Å². The zero-order valence-electron chi connectivity index (χ0n) is 21.4. The number of halogens is 4. The van der Waals surface area contributed by atoms with Gasteiger partial charge in [0.2, 0.25) is 6.43 Å². The van der Waals surface area contributed by atoms with E-state index in [0.717, 1.165) is 12.1 Å². The number of alkyl halides is 2. The molecule has 1 fully saturated rings. The minimum atomic E-state index is -2.54. The molecule has 1 aliphatic rings. The standard InChI is InChI=1S/C26H28F4N8O/c1-36(23-13-35-25-24(31)33-5-7-38(23)25)19-10-18(15-8-17(28)21(39-2)9-16(15)27)34-12-20(19)37-6-3-4-26(32,14-37)11-22(29)30/h5,7-10,12-13,22H,3-4,6,11,14,32H2,1-2H3,(H2,31,33)/t26-/m0/s1. The highest BCUT2D eigenvalue weighted by Crippen LogP contribution is 2.40. The molecular weight excluding hydrogens is 516 g/mol. The van der Waals surface area contributed by atoms with Crippen LogP contribution in [0.5, 0.6) is 5.75 Å². The Kier molecular flexibility index (Phi) is 6.93. The second-order valence-electron chi connectivity index (χ2n) is 9.69. The number of imidazole rings is 1. The summed E-state index contributed by atoms with van der Waals surface area (Å²) in [6.45, 7) is 0.731. The van der Waals surface area contributed by atoms with Crippen molar-refractivity contribution in [2.24, 2.45) is 5.73 Å². The third kappa shape index (κ3) is 5.01. The minimum absolute atomic E-state index is 0.0643. The molecule has 1 saturated heterocycles. The van der Waals surface area contributed by atoms with E-state index in [1.54, 1.807) is 34.8 Å². The van der Waals surface area contributed by atoms with Crippen molar-refractivity contribution in [3.63, 3.8) is 0 Å². The van der Waals surface area contributed by atoms with Crippen LogP contribution in [-0.4, -0.2) is 58.6 Å². The molecule has 4 N–H and O–H groups in total. The van der Waals surface area contributed by atoms with Gasteiger partial charge in [-0.25, -0.2) is 27.5 Å². The maximum atomic E-state index is 15.0. The van der Waals surface area contributed by atoms with Crippen LogP contribution in [0.3, 0.4) is 0 Å². The maximum Gasteiger partial charge on any atom is 0.240 e. The molecule has 0 bridgehead atoms. The van der Waals surface area contributed by atoms with Crippen molar-refractivity contribution in [3.05, 3.63) is 54.6 Å². The number of nitrogens with two attached hydrogens (primary N) is 2. The second-order valence-corrected chi connectivity index (χ2v) is 9.69. The fourth-order valence-electron chi connectivity index (χ4n) is 5.12. The molecule has 0 unspecified atom stereocenters. The number of piperidine rings is 1. The van der Waals surface area contributed by atoms with Crippen LogP contribution in [0, 0.1) is 11.6 Å². The fraction of sp³-hybridized carbons (Fsp3) is 0.346. The number of ether oxygens (including phenoxy) is 1. The van der Waals surface area contributed by atoms with Gasteiger partial charge in [0.05, 0.1) is 36.6 Å². The zero-order valence-corrected chi connectivity index (χ0v) is 21.4. The van der Waals surface area contributed by atoms with E-state index in [9.17, 15) is 13.2 Å². The van der Waals surface area contributed by atoms with Crippen LogP contribution >= 0.6 is 0 Å². The predicted molar refractivity (Wildman–Crippen MR) is 141 cm³/mol. The van der Waals surface area contributed by atoms with Crippen molar-refractivity contribution in [1.29, 1.82) is 0 Å². The van der Waals surface area contributed by atoms with Crippen molar-refractivity contribution in [2.45, 2.75) is 31.2 Å². The SMILES string of the molecule is COc1cc(F)c(-c2cc(N(C)c3cnc4c(N)nccn34)c(N3CCC[C@](N)(CC(F)F)C3)cn2)cc1F. The van der Waals surface area contributed by atoms with Gasteiger partial charge < -0.3 is 26.0 Å². The summed E-state index contributed by atoms with van der Waals surface area (Å²) in [5, 5.41) is 0. The van der Waals surface area contributed by atoms with Crippen molar-refractivity contribution in [1.82, 2.24) is 19.4 Å². The third-order valence-corrected chi connectivity index (χ3v) is 7.03. The van der Waals surface area contributed by atoms with Gasteiger partial charge in [-0.3, -0.25) is 9.38 Å². The van der Waals surface area contributed by atoms with Crippen LogP contribution in [0.2, 0.25) is 0 Å². The van der Waals surface area contributed by atoms with Gasteiger partial charge in [-0.15, -0.1) is 0 Å². The molecule has 4 aromatic rings. The van der Waals surface area contributed by atoms with E-state index in [0.29, 0.717) is 42.2 Å². The first kappa shape index (κ1) is 26.5. The van der Waals surface area contributed by atoms with Gasteiger partial charge >= 0.3 is 0 Å². The van der Waals surface area contributed by atoms with E-state index in [1.165, 1.54) is 19.5 Å². The van der Waals surface area contributed by atoms with Crippen molar-refractivity contribution in [3.8, 4) is 17.0 Å². The smallest absolute Gasteiger partial charge is 0.240 e. The first-order valence-electron chi connectivity index (χ1n) is 12.3. The lowest BCUT2D eigenvalue weighted by Crippen LogP contribution is -2.55. The Morgan fingerprint density at radius 2 is 1.92 bits per heavy atom. The Hall–Kier alpha value is -4.13. The Morgan fingerprint density at radius 1 is 1.13 bits per heavy atom. The zero-order chi connectivity index (χ0) is 27.9. The van der Waals surface area contributed by atoms with Crippen LogP contribution in [0.1, 0.15) is 19.3 Å². The van der Waals surface area contributed by atoms with E-state index in [-0.39, 0.29) is 29.4 Å². The maximum absolute atomic E-state index is 15.0. The summed E-state index contributed by atoms with van der Waals surface area (Å²) in [7, 11) is 3.02. The lowest BCUT2D eigenvalue weighted by Gasteiger charge is -2.42. The number of anilines is 4. The number of aromatic nitrogens is 4. The van der Waals surface area contributed by atoms with Crippen molar-refractivity contribution < 1.29 is 22.3 Å². The molecule has 1 atom stereocenters. The molecule has 5 rings (SSSR count). The molecule has 0 radical (unpaired) electrons. The van der Waals surface area contributed by atoms with Crippen molar-refractivity contribution in [2.75, 3.05) is 42.8 Å². The summed E-state index contributed by atoms with van der Waals surface area (Å²) in [6, 6.07) is 3.60. The highest BCUT2D eigenvalue weighted by Gasteiger charge is 2.36. The number of nitrogen functional groups attached to an aromatic ring is 1. The predicted octanol–water partition coefficient (Wildman–Crippen LogP) is 4.38. The highest BCUT2D eigenvalue weighted by molar-refractivity contribution is 5.81. The van der Waals surface area contributed by atoms with E-state index < -0.39 is 30.0 Å². The molecular formula is C26H28F4N8O. The van der Waals surface area contributed by atoms with E-state index >= 15 is 4.39 Å². The van der Waals surface area contributed by atoms with E-state index in [4.69, 9.17) is 16.2 Å². The topological polar surface area (TPSA) is 111 Å². The Morgan fingerprint density at radius 3 is 2.67 bits per heavy atom. The minimum Gasteiger partial charge on any atom is -0.494 e. The molecule has 39 heavy (non-hydrogen) atoms. The second kappa shape index (κ2) is 10.2. The largest absolute Gasteiger partial charge is 0.494 e. The van der Waals surface area contributed by atoms with Gasteiger partial charge in [-0.1, -0.05) is 0 Å². The number of benzene rings is 1. The number of fused-ring (bicyclic) bond motifs is 1. The lowest BCUT2D eigenvalue weighted by atomic mass is 9.86. The molecule has 1 aromatic carbocycles. The van der Waals surface area contributed by atoms with Crippen molar-refractivity contribution >= 4 is 28.7 Å². The fourth-order valence-corrected chi connectivity index (χ4v) is 5.12. The summed E-state index contributed by atoms with van der Waals surface area (Å²) in [4.78, 5) is 16.6. The summed E-state index contributed by atoms with van der Waals surface area (Å²) in [6.07, 6.45) is 4.44. The van der Waals surface area contributed by atoms with Gasteiger partial charge in [0.1, 0.15) is 11.6 Å². The van der Waals surface area contributed by atoms with Gasteiger partial charge in [0, 0.05) is 56.1 Å². The molecule has 0 amide bonds. The van der Waals surface area contributed by atoms with Crippen LogP contribution in [0.15, 0.2) is 43.0 Å². The Labute approximate surface area is 222 Å². The number of hydrogen-bond donors (Lipinski definition) is 2. The van der Waals surface area contributed by atoms with E-state index in [2.05, 4.69) is 15.0 Å². The number of rotatable bonds is 7. The number of methoxy groups -OCH3 is 1. The molecule has 0 aliphatic carbocycles. The molecule has 13 heteroatoms. The van der Waals surface area contributed by atoms with Gasteiger partial charge in [-0.05, 0) is 25.0 Å². The van der Waals surface area contributed by atoms with Gasteiger partial charge in [0.15, 0.2) is 23.0 Å². The van der Waals surface area contributed by atoms with Gasteiger partial charge in [0.25, 0.3) is 0 Å². The molecule has 9 nitrogen and oxygen atoms in total. The normalized spacial score (nSPS) is 17.7. The van der Waals surface area contributed by atoms with Crippen LogP contribution in [-0.2, 0) is 0 Å². The molecule has 0 saturated carbocycles. The highest BCUT2D eigenvalue weighted by atomic mass is 19.3. The summed E-state index contributed by atoms with van der Waals surface area (Å²) in [5.74, 6) is -0.849. The monoisotopic (exact) mass is 544 g/mol. The first-order valence-corrected chi connectivity index (χ1v) is 12.3. The van der Waals surface area contributed by atoms with Crippen LogP contribution < -0.4 is 26.0 Å². The number of hydrogen-bond acceptors (Lipinski definition) is 8. The average Bonchev–Trinajstić information content (AvgIpc) is 3.34. The van der Waals surface area contributed by atoms with Crippen LogP contribution in [0.25, 0.3) is 16.9 Å². The van der Waals surface area contributed by atoms with Crippen LogP contribution in [0.4, 0.5) is 40.6 Å². The quantitative estimate of drug-likeness (QED) is 0.330. The summed E-state index contributed by atoms with van der Waals surface area (Å²) < 4.78 is 62.8. The Balaban J connectivity index is 1.64. The summed E-state index contributed by atoms with van der Waals surface area (Å²) in [5.41, 5.74) is 13.0. The molecule has 1 aliphatic heterocycles. The molecule has 206 valence electrons. The molecule has 3 aromatic heterocycles. The van der Waals surface area contributed by atoms with Gasteiger partial charge in [-0.2, -0.15) is 0 Å². The Bertz CT molecular complexity index is 1510.